The Morgan fingerprint density at radius 2 is 1.93 bits per heavy atom. The van der Waals surface area contributed by atoms with Gasteiger partial charge in [0, 0.05) is 17.7 Å². The predicted molar refractivity (Wildman–Crippen MR) is 56.6 cm³/mol. The van der Waals surface area contributed by atoms with Crippen LogP contribution in [0.1, 0.15) is 22.8 Å². The van der Waals surface area contributed by atoms with Crippen molar-refractivity contribution in [3.63, 3.8) is 0 Å². The second kappa shape index (κ2) is 4.37. The molecule has 1 rings (SSSR count). The van der Waals surface area contributed by atoms with Gasteiger partial charge in [-0.25, -0.2) is 0 Å². The van der Waals surface area contributed by atoms with E-state index in [1.807, 2.05) is 0 Å². The topological polar surface area (TPSA) is 89.4 Å². The highest BCUT2D eigenvalue weighted by molar-refractivity contribution is 5.49. The van der Waals surface area contributed by atoms with Gasteiger partial charge in [0.2, 0.25) is 0 Å². The van der Waals surface area contributed by atoms with Gasteiger partial charge in [-0.3, -0.25) is 10.1 Å². The maximum absolute atomic E-state index is 10.7. The van der Waals surface area contributed by atoms with Crippen LogP contribution < -0.4 is 5.73 Å². The first kappa shape index (κ1) is 11.6. The van der Waals surface area contributed by atoms with E-state index < -0.39 is 11.0 Å². The minimum atomic E-state index is -0.761. The Hall–Kier alpha value is -1.46. The first-order chi connectivity index (χ1) is 6.97. The van der Waals surface area contributed by atoms with Crippen molar-refractivity contribution in [2.45, 2.75) is 20.0 Å². The fraction of sp³-hybridized carbons (Fsp3) is 0.400. The second-order valence-electron chi connectivity index (χ2n) is 3.51. The smallest absolute Gasteiger partial charge is 0.275 e. The van der Waals surface area contributed by atoms with Crippen LogP contribution in [0, 0.1) is 24.0 Å². The standard InChI is InChI=1S/C10H14N2O3/c1-6-3-8(9(13)5-11)4-7(2)10(6)12(14)15/h3-4,9,13H,5,11H2,1-2H3. The average molecular weight is 210 g/mol. The summed E-state index contributed by atoms with van der Waals surface area (Å²) in [5.41, 5.74) is 7.13. The molecule has 0 aromatic heterocycles. The van der Waals surface area contributed by atoms with E-state index in [0.29, 0.717) is 16.7 Å². The van der Waals surface area contributed by atoms with Crippen LogP contribution >= 0.6 is 0 Å². The van der Waals surface area contributed by atoms with E-state index >= 15 is 0 Å². The molecule has 82 valence electrons. The molecule has 0 radical (unpaired) electrons. The molecule has 0 saturated heterocycles. The van der Waals surface area contributed by atoms with Gasteiger partial charge in [-0.1, -0.05) is 0 Å². The summed E-state index contributed by atoms with van der Waals surface area (Å²) >= 11 is 0. The summed E-state index contributed by atoms with van der Waals surface area (Å²) in [6.45, 7) is 3.41. The maximum Gasteiger partial charge on any atom is 0.275 e. The van der Waals surface area contributed by atoms with Gasteiger partial charge in [-0.05, 0) is 31.5 Å². The van der Waals surface area contributed by atoms with Crippen LogP contribution in [0.5, 0.6) is 0 Å². The van der Waals surface area contributed by atoms with Crippen molar-refractivity contribution in [2.24, 2.45) is 5.73 Å². The molecular weight excluding hydrogens is 196 g/mol. The molecule has 0 amide bonds. The van der Waals surface area contributed by atoms with E-state index in [0.717, 1.165) is 0 Å². The molecule has 0 aliphatic carbocycles. The SMILES string of the molecule is Cc1cc(C(O)CN)cc(C)c1[N+](=O)[O-]. The number of hydrogen-bond donors (Lipinski definition) is 2. The lowest BCUT2D eigenvalue weighted by molar-refractivity contribution is -0.386. The molecule has 0 spiro atoms. The number of aliphatic hydroxyl groups is 1. The van der Waals surface area contributed by atoms with Gasteiger partial charge in [-0.15, -0.1) is 0 Å². The third-order valence-electron chi connectivity index (χ3n) is 2.30. The molecule has 1 aromatic carbocycles. The first-order valence-corrected chi connectivity index (χ1v) is 4.61. The Morgan fingerprint density at radius 1 is 1.47 bits per heavy atom. The van der Waals surface area contributed by atoms with Crippen LogP contribution in [0.25, 0.3) is 0 Å². The molecule has 1 atom stereocenters. The molecule has 5 nitrogen and oxygen atoms in total. The summed E-state index contributed by atoms with van der Waals surface area (Å²) in [4.78, 5) is 10.3. The Morgan fingerprint density at radius 3 is 2.27 bits per heavy atom. The van der Waals surface area contributed by atoms with E-state index in [2.05, 4.69) is 0 Å². The van der Waals surface area contributed by atoms with Crippen molar-refractivity contribution in [1.29, 1.82) is 0 Å². The number of aryl methyl sites for hydroxylation is 2. The highest BCUT2D eigenvalue weighted by Gasteiger charge is 2.17. The zero-order valence-electron chi connectivity index (χ0n) is 8.73. The Balaban J connectivity index is 3.25. The quantitative estimate of drug-likeness (QED) is 0.579. The summed E-state index contributed by atoms with van der Waals surface area (Å²) in [5, 5.41) is 20.2. The van der Waals surface area contributed by atoms with Crippen LogP contribution in [-0.2, 0) is 0 Å². The van der Waals surface area contributed by atoms with Gasteiger partial charge < -0.3 is 10.8 Å². The van der Waals surface area contributed by atoms with Gasteiger partial charge in [0.05, 0.1) is 11.0 Å². The fourth-order valence-corrected chi connectivity index (χ4v) is 1.61. The van der Waals surface area contributed by atoms with E-state index in [1.165, 1.54) is 0 Å². The molecule has 0 fully saturated rings. The molecule has 5 heteroatoms. The highest BCUT2D eigenvalue weighted by Crippen LogP contribution is 2.26. The Labute approximate surface area is 87.7 Å². The summed E-state index contributed by atoms with van der Waals surface area (Å²) in [7, 11) is 0. The van der Waals surface area contributed by atoms with Crippen molar-refractivity contribution < 1.29 is 10.0 Å². The van der Waals surface area contributed by atoms with E-state index in [-0.39, 0.29) is 12.2 Å². The van der Waals surface area contributed by atoms with E-state index in [1.54, 1.807) is 26.0 Å². The molecule has 1 aromatic rings. The summed E-state index contributed by atoms with van der Waals surface area (Å²) in [6, 6.07) is 3.20. The number of nitro groups is 1. The monoisotopic (exact) mass is 210 g/mol. The lowest BCUT2D eigenvalue weighted by Crippen LogP contribution is -2.12. The normalized spacial score (nSPS) is 12.5. The highest BCUT2D eigenvalue weighted by atomic mass is 16.6. The van der Waals surface area contributed by atoms with Gasteiger partial charge in [0.1, 0.15) is 0 Å². The lowest BCUT2D eigenvalue weighted by Gasteiger charge is -2.10. The lowest BCUT2D eigenvalue weighted by atomic mass is 10.0. The first-order valence-electron chi connectivity index (χ1n) is 4.61. The molecule has 0 bridgehead atoms. The Bertz CT molecular complexity index is 367. The molecule has 0 aliphatic rings. The number of nitrogens with two attached hydrogens (primary N) is 1. The van der Waals surface area contributed by atoms with Crippen molar-refractivity contribution >= 4 is 5.69 Å². The largest absolute Gasteiger partial charge is 0.387 e. The number of hydrogen-bond acceptors (Lipinski definition) is 4. The van der Waals surface area contributed by atoms with Gasteiger partial charge >= 0.3 is 0 Å². The minimum absolute atomic E-state index is 0.1000. The molecule has 0 saturated carbocycles. The van der Waals surface area contributed by atoms with Crippen LogP contribution in [0.4, 0.5) is 5.69 Å². The predicted octanol–water partition coefficient (Wildman–Crippen LogP) is 1.20. The average Bonchev–Trinajstić information content (AvgIpc) is 2.14. The van der Waals surface area contributed by atoms with Crippen molar-refractivity contribution in [3.8, 4) is 0 Å². The number of benzene rings is 1. The second-order valence-corrected chi connectivity index (χ2v) is 3.51. The van der Waals surface area contributed by atoms with E-state index in [9.17, 15) is 15.2 Å². The van der Waals surface area contributed by atoms with Gasteiger partial charge in [-0.2, -0.15) is 0 Å². The van der Waals surface area contributed by atoms with Crippen LogP contribution in [0.3, 0.4) is 0 Å². The minimum Gasteiger partial charge on any atom is -0.387 e. The zero-order valence-corrected chi connectivity index (χ0v) is 8.73. The molecular formula is C10H14N2O3. The van der Waals surface area contributed by atoms with Gasteiger partial charge in [0.25, 0.3) is 5.69 Å². The molecule has 1 unspecified atom stereocenters. The molecule has 3 N–H and O–H groups in total. The van der Waals surface area contributed by atoms with Crippen molar-refractivity contribution in [2.75, 3.05) is 6.54 Å². The summed E-state index contributed by atoms with van der Waals surface area (Å²) in [6.07, 6.45) is -0.761. The molecule has 0 heterocycles. The van der Waals surface area contributed by atoms with Crippen molar-refractivity contribution in [3.05, 3.63) is 38.9 Å². The number of aliphatic hydroxyl groups excluding tert-OH is 1. The number of rotatable bonds is 3. The van der Waals surface area contributed by atoms with Crippen LogP contribution in [-0.4, -0.2) is 16.6 Å². The summed E-state index contributed by atoms with van der Waals surface area (Å²) in [5.74, 6) is 0. The van der Waals surface area contributed by atoms with Gasteiger partial charge in [0.15, 0.2) is 0 Å². The summed E-state index contributed by atoms with van der Waals surface area (Å²) < 4.78 is 0. The fourth-order valence-electron chi connectivity index (χ4n) is 1.61. The van der Waals surface area contributed by atoms with E-state index in [4.69, 9.17) is 5.73 Å². The zero-order chi connectivity index (χ0) is 11.6. The third kappa shape index (κ3) is 2.31. The molecule has 15 heavy (non-hydrogen) atoms. The van der Waals surface area contributed by atoms with Crippen LogP contribution in [0.2, 0.25) is 0 Å². The number of nitro benzene ring substituents is 1. The van der Waals surface area contributed by atoms with Crippen molar-refractivity contribution in [1.82, 2.24) is 0 Å². The maximum atomic E-state index is 10.7. The third-order valence-corrected chi connectivity index (χ3v) is 2.30. The Kier molecular flexibility index (Phi) is 3.39. The van der Waals surface area contributed by atoms with Crippen LogP contribution in [0.15, 0.2) is 12.1 Å². The number of nitrogens with zero attached hydrogens (tertiary/aromatic N) is 1. The molecule has 0 aliphatic heterocycles.